The van der Waals surface area contributed by atoms with Crippen molar-refractivity contribution in [1.82, 2.24) is 10.3 Å². The second-order valence-corrected chi connectivity index (χ2v) is 9.33. The number of hydrogen-bond acceptors (Lipinski definition) is 7. The molecule has 40 heavy (non-hydrogen) atoms. The van der Waals surface area contributed by atoms with E-state index in [1.807, 2.05) is 42.5 Å². The summed E-state index contributed by atoms with van der Waals surface area (Å²) in [6.07, 6.45) is 5.12. The van der Waals surface area contributed by atoms with Gasteiger partial charge in [0.1, 0.15) is 17.5 Å². The van der Waals surface area contributed by atoms with E-state index in [2.05, 4.69) is 17.2 Å². The molecule has 0 aliphatic heterocycles. The number of carbonyl (C=O) groups is 2. The summed E-state index contributed by atoms with van der Waals surface area (Å²) in [5.74, 6) is 1.54. The van der Waals surface area contributed by atoms with Gasteiger partial charge < -0.3 is 24.3 Å². The third-order valence-corrected chi connectivity index (χ3v) is 6.62. The van der Waals surface area contributed by atoms with Gasteiger partial charge in [-0.15, -0.1) is 0 Å². The van der Waals surface area contributed by atoms with Crippen LogP contribution in [0.1, 0.15) is 41.3 Å². The molecule has 0 aliphatic carbocycles. The summed E-state index contributed by atoms with van der Waals surface area (Å²) >= 11 is 0. The predicted octanol–water partition coefficient (Wildman–Crippen LogP) is 5.90. The highest BCUT2D eigenvalue weighted by Gasteiger charge is 2.23. The highest BCUT2D eigenvalue weighted by atomic mass is 16.5. The molecule has 0 saturated carbocycles. The molecule has 1 atom stereocenters. The van der Waals surface area contributed by atoms with Crippen LogP contribution in [0.5, 0.6) is 23.0 Å². The number of methoxy groups -OCH3 is 3. The molecule has 1 heterocycles. The van der Waals surface area contributed by atoms with E-state index in [9.17, 15) is 9.59 Å². The second-order valence-electron chi connectivity index (χ2n) is 9.33. The monoisotopic (exact) mass is 542 g/mol. The molecule has 4 rings (SSSR count). The van der Waals surface area contributed by atoms with Crippen molar-refractivity contribution in [2.24, 2.45) is 0 Å². The fourth-order valence-electron chi connectivity index (χ4n) is 4.37. The maximum absolute atomic E-state index is 12.9. The van der Waals surface area contributed by atoms with Crippen molar-refractivity contribution in [3.05, 3.63) is 89.6 Å². The lowest BCUT2D eigenvalue weighted by atomic mass is 10.0. The number of ether oxygens (including phenoxy) is 4. The molecule has 0 fully saturated rings. The molecule has 4 aromatic rings. The van der Waals surface area contributed by atoms with Crippen molar-refractivity contribution < 1.29 is 28.5 Å². The predicted molar refractivity (Wildman–Crippen MR) is 153 cm³/mol. The van der Waals surface area contributed by atoms with Gasteiger partial charge in [-0.1, -0.05) is 37.6 Å². The molecule has 1 unspecified atom stereocenters. The Morgan fingerprint density at radius 3 is 2.17 bits per heavy atom. The summed E-state index contributed by atoms with van der Waals surface area (Å²) in [5, 5.41) is 3.59. The van der Waals surface area contributed by atoms with Gasteiger partial charge in [-0.25, -0.2) is 4.79 Å². The number of fused-ring (bicyclic) bond motifs is 1. The zero-order valence-electron chi connectivity index (χ0n) is 23.2. The molecule has 8 nitrogen and oxygen atoms in total. The summed E-state index contributed by atoms with van der Waals surface area (Å²) < 4.78 is 21.9. The maximum atomic E-state index is 12.9. The summed E-state index contributed by atoms with van der Waals surface area (Å²) in [5.41, 5.74) is 3.23. The van der Waals surface area contributed by atoms with Crippen LogP contribution in [0.3, 0.4) is 0 Å². The van der Waals surface area contributed by atoms with Crippen molar-refractivity contribution in [1.29, 1.82) is 0 Å². The number of esters is 1. The molecule has 208 valence electrons. The van der Waals surface area contributed by atoms with E-state index in [0.717, 1.165) is 30.2 Å². The zero-order valence-corrected chi connectivity index (χ0v) is 23.2. The van der Waals surface area contributed by atoms with Crippen molar-refractivity contribution >= 4 is 22.8 Å². The van der Waals surface area contributed by atoms with Crippen LogP contribution in [0.15, 0.2) is 72.9 Å². The average Bonchev–Trinajstić information content (AvgIpc) is 2.99. The first kappa shape index (κ1) is 28.4. The minimum Gasteiger partial charge on any atom is -0.493 e. The number of aromatic nitrogens is 1. The molecule has 0 spiro atoms. The lowest BCUT2D eigenvalue weighted by Gasteiger charge is -2.17. The number of benzene rings is 3. The van der Waals surface area contributed by atoms with Gasteiger partial charge in [-0.3, -0.25) is 9.78 Å². The van der Waals surface area contributed by atoms with E-state index >= 15 is 0 Å². The number of aryl methyl sites for hydroxylation is 1. The molecule has 1 N–H and O–H groups in total. The number of unbranched alkanes of at least 4 members (excludes halogenated alkanes) is 1. The van der Waals surface area contributed by atoms with E-state index < -0.39 is 12.0 Å². The number of rotatable bonds is 12. The minimum atomic E-state index is -0.837. The average molecular weight is 543 g/mol. The van der Waals surface area contributed by atoms with Crippen molar-refractivity contribution in [2.45, 2.75) is 38.6 Å². The van der Waals surface area contributed by atoms with E-state index in [1.54, 1.807) is 44.7 Å². The smallest absolute Gasteiger partial charge is 0.328 e. The molecule has 1 amide bonds. The van der Waals surface area contributed by atoms with Gasteiger partial charge >= 0.3 is 5.97 Å². The summed E-state index contributed by atoms with van der Waals surface area (Å²) in [6.45, 7) is 2.15. The number of amides is 1. The third kappa shape index (κ3) is 6.88. The second kappa shape index (κ2) is 13.5. The molecule has 3 aromatic carbocycles. The Labute approximate surface area is 234 Å². The number of pyridine rings is 1. The van der Waals surface area contributed by atoms with Crippen LogP contribution >= 0.6 is 0 Å². The number of nitrogens with one attached hydrogen (secondary N) is 1. The van der Waals surface area contributed by atoms with Crippen LogP contribution in [-0.4, -0.2) is 44.2 Å². The van der Waals surface area contributed by atoms with Crippen LogP contribution in [0.2, 0.25) is 0 Å². The van der Waals surface area contributed by atoms with Crippen molar-refractivity contribution in [3.63, 3.8) is 0 Å². The van der Waals surface area contributed by atoms with E-state index in [-0.39, 0.29) is 12.3 Å². The van der Waals surface area contributed by atoms with Gasteiger partial charge in [-0.2, -0.15) is 0 Å². The Balaban J connectivity index is 1.46. The Kier molecular flexibility index (Phi) is 9.57. The summed E-state index contributed by atoms with van der Waals surface area (Å²) in [4.78, 5) is 29.8. The lowest BCUT2D eigenvalue weighted by molar-refractivity contribution is -0.142. The van der Waals surface area contributed by atoms with Crippen LogP contribution in [0, 0.1) is 0 Å². The Bertz CT molecular complexity index is 1450. The fourth-order valence-corrected chi connectivity index (χ4v) is 4.37. The molecular formula is C32H34N2O6. The first-order chi connectivity index (χ1) is 19.4. The van der Waals surface area contributed by atoms with Crippen molar-refractivity contribution in [3.8, 4) is 23.0 Å². The molecule has 0 aliphatic rings. The largest absolute Gasteiger partial charge is 0.493 e. The maximum Gasteiger partial charge on any atom is 0.328 e. The summed E-state index contributed by atoms with van der Waals surface area (Å²) in [7, 11) is 4.46. The first-order valence-electron chi connectivity index (χ1n) is 13.2. The Hall–Kier alpha value is -4.59. The molecule has 8 heteroatoms. The van der Waals surface area contributed by atoms with Gasteiger partial charge in [-0.05, 0) is 60.4 Å². The van der Waals surface area contributed by atoms with Crippen LogP contribution in [0.25, 0.3) is 10.9 Å². The highest BCUT2D eigenvalue weighted by molar-refractivity contribution is 5.97. The Morgan fingerprint density at radius 1 is 0.850 bits per heavy atom. The normalized spacial score (nSPS) is 11.5. The van der Waals surface area contributed by atoms with Gasteiger partial charge in [0.15, 0.2) is 11.5 Å². The Morgan fingerprint density at radius 2 is 1.52 bits per heavy atom. The molecule has 1 aromatic heterocycles. The molecule has 0 radical (unpaired) electrons. The quantitative estimate of drug-likeness (QED) is 0.223. The topological polar surface area (TPSA) is 96.0 Å². The number of nitrogens with zero attached hydrogens (tertiary/aromatic N) is 1. The van der Waals surface area contributed by atoms with Gasteiger partial charge in [0.05, 0.1) is 26.8 Å². The van der Waals surface area contributed by atoms with E-state index in [1.165, 1.54) is 12.7 Å². The fraction of sp³-hybridized carbons (Fsp3) is 0.281. The van der Waals surface area contributed by atoms with Gasteiger partial charge in [0.2, 0.25) is 0 Å². The number of carbonyl (C=O) groups excluding carboxylic acids is 2. The standard InChI is InChI=1S/C32H34N2O6/c1-5-6-7-21-8-12-23(13-9-21)31(35)34-27(32(36)39-4)18-22-10-14-24(15-11-22)40-28-16-17-33-26-20-30(38-3)29(37-2)19-25(26)28/h8-17,19-20,27H,5-7,18H2,1-4H3,(H,34,35). The molecule has 0 saturated heterocycles. The van der Waals surface area contributed by atoms with Gasteiger partial charge in [0.25, 0.3) is 5.91 Å². The van der Waals surface area contributed by atoms with Crippen LogP contribution < -0.4 is 19.5 Å². The third-order valence-electron chi connectivity index (χ3n) is 6.62. The van der Waals surface area contributed by atoms with Crippen LogP contribution in [-0.2, 0) is 22.4 Å². The lowest BCUT2D eigenvalue weighted by Crippen LogP contribution is -2.43. The number of hydrogen-bond donors (Lipinski definition) is 1. The SMILES string of the molecule is CCCCc1ccc(C(=O)NC(Cc2ccc(Oc3ccnc4cc(OC)c(OC)cc34)cc2)C(=O)OC)cc1. The van der Waals surface area contributed by atoms with E-state index in [4.69, 9.17) is 18.9 Å². The summed E-state index contributed by atoms with van der Waals surface area (Å²) in [6, 6.07) is 19.4. The van der Waals surface area contributed by atoms with Crippen LogP contribution in [0.4, 0.5) is 0 Å². The zero-order chi connectivity index (χ0) is 28.5. The van der Waals surface area contributed by atoms with Gasteiger partial charge in [0, 0.05) is 29.6 Å². The van der Waals surface area contributed by atoms with E-state index in [0.29, 0.717) is 34.1 Å². The molecule has 0 bridgehead atoms. The first-order valence-corrected chi connectivity index (χ1v) is 13.2. The van der Waals surface area contributed by atoms with Crippen molar-refractivity contribution in [2.75, 3.05) is 21.3 Å². The molecular weight excluding hydrogens is 508 g/mol. The minimum absolute atomic E-state index is 0.266. The highest BCUT2D eigenvalue weighted by Crippen LogP contribution is 2.36.